The van der Waals surface area contributed by atoms with Gasteiger partial charge in [-0.05, 0) is 36.6 Å². The summed E-state index contributed by atoms with van der Waals surface area (Å²) in [7, 11) is 0. The number of pyridine rings is 1. The van der Waals surface area contributed by atoms with Crippen molar-refractivity contribution in [3.63, 3.8) is 0 Å². The molecule has 4 rings (SSSR count). The Morgan fingerprint density at radius 3 is 2.66 bits per heavy atom. The van der Waals surface area contributed by atoms with Gasteiger partial charge >= 0.3 is 0 Å². The molecule has 0 radical (unpaired) electrons. The summed E-state index contributed by atoms with van der Waals surface area (Å²) >= 11 is 0. The molecule has 3 aromatic rings. The molecule has 0 bridgehead atoms. The van der Waals surface area contributed by atoms with Crippen LogP contribution in [0.15, 0.2) is 76.9 Å². The van der Waals surface area contributed by atoms with Crippen molar-refractivity contribution < 1.29 is 9.94 Å². The molecule has 1 aromatic heterocycles. The van der Waals surface area contributed by atoms with Gasteiger partial charge in [-0.2, -0.15) is 5.26 Å². The fourth-order valence-electron chi connectivity index (χ4n) is 4.01. The summed E-state index contributed by atoms with van der Waals surface area (Å²) < 4.78 is 7.29. The fourth-order valence-corrected chi connectivity index (χ4v) is 4.01. The van der Waals surface area contributed by atoms with E-state index in [4.69, 9.17) is 10.5 Å². The molecule has 1 aliphatic rings. The van der Waals surface area contributed by atoms with E-state index < -0.39 is 5.92 Å². The maximum atomic E-state index is 13.6. The Kier molecular flexibility index (Phi) is 5.69. The van der Waals surface area contributed by atoms with Crippen LogP contribution in [0.5, 0.6) is 5.75 Å². The number of hydrogen-bond acceptors (Lipinski definition) is 7. The molecular formula is C24H21N4O4-. The molecular weight excluding hydrogens is 408 g/mol. The zero-order valence-corrected chi connectivity index (χ0v) is 17.4. The molecule has 32 heavy (non-hydrogen) atoms. The minimum absolute atomic E-state index is 0.0251. The quantitative estimate of drug-likeness (QED) is 0.596. The maximum Gasteiger partial charge on any atom is 0.258 e. The Bertz CT molecular complexity index is 1290. The molecule has 8 heteroatoms. The molecule has 0 amide bonds. The van der Waals surface area contributed by atoms with Crippen LogP contribution < -0.4 is 21.3 Å². The van der Waals surface area contributed by atoms with Gasteiger partial charge in [0.25, 0.3) is 5.56 Å². The maximum absolute atomic E-state index is 13.6. The lowest BCUT2D eigenvalue weighted by Gasteiger charge is -2.28. The molecule has 0 saturated carbocycles. The van der Waals surface area contributed by atoms with Gasteiger partial charge in [-0.15, -0.1) is 0 Å². The highest BCUT2D eigenvalue weighted by molar-refractivity contribution is 5.58. The van der Waals surface area contributed by atoms with Crippen LogP contribution in [0.3, 0.4) is 0 Å². The fraction of sp³-hybridized carbons (Fsp3) is 0.167. The van der Waals surface area contributed by atoms with Gasteiger partial charge in [0.05, 0.1) is 17.2 Å². The number of rotatable bonds is 5. The Labute approximate surface area is 184 Å². The highest BCUT2D eigenvalue weighted by Crippen LogP contribution is 2.41. The predicted molar refractivity (Wildman–Crippen MR) is 119 cm³/mol. The third-order valence-electron chi connectivity index (χ3n) is 5.58. The average Bonchev–Trinajstić information content (AvgIpc) is 2.78. The van der Waals surface area contributed by atoms with Crippen molar-refractivity contribution in [1.82, 2.24) is 4.57 Å². The summed E-state index contributed by atoms with van der Waals surface area (Å²) in [5.41, 5.74) is 8.29. The highest BCUT2D eigenvalue weighted by atomic mass is 16.8. The molecule has 3 N–H and O–H groups in total. The monoisotopic (exact) mass is 429 g/mol. The Hall–Kier alpha value is -4.06. The van der Waals surface area contributed by atoms with E-state index >= 15 is 0 Å². The minimum Gasteiger partial charge on any atom is -0.733 e. The molecule has 162 valence electrons. The van der Waals surface area contributed by atoms with Gasteiger partial charge in [0.2, 0.25) is 5.88 Å². The van der Waals surface area contributed by atoms with E-state index in [9.17, 15) is 20.5 Å². The first-order chi connectivity index (χ1) is 15.4. The van der Waals surface area contributed by atoms with Gasteiger partial charge in [-0.3, -0.25) is 10.0 Å². The Balaban J connectivity index is 1.85. The third-order valence-corrected chi connectivity index (χ3v) is 5.58. The molecule has 0 spiro atoms. The number of benzene rings is 2. The van der Waals surface area contributed by atoms with Gasteiger partial charge in [-0.1, -0.05) is 42.5 Å². The van der Waals surface area contributed by atoms with Crippen molar-refractivity contribution in [2.45, 2.75) is 25.8 Å². The van der Waals surface area contributed by atoms with E-state index in [1.54, 1.807) is 22.8 Å². The van der Waals surface area contributed by atoms with E-state index in [0.29, 0.717) is 24.2 Å². The SMILES string of the molecule is Cc1cc2c(c(=O)n1CCc1ccccc1)[C@H](c1cccc(N([O-])O)c1)C(C#N)=C(N)O2. The first-order valence-corrected chi connectivity index (χ1v) is 10.0. The highest BCUT2D eigenvalue weighted by Gasteiger charge is 2.34. The molecule has 2 heterocycles. The summed E-state index contributed by atoms with van der Waals surface area (Å²) in [4.78, 5) is 13.6. The number of ether oxygens (including phenoxy) is 1. The van der Waals surface area contributed by atoms with Crippen LogP contribution in [0.25, 0.3) is 0 Å². The first kappa shape index (κ1) is 21.2. The van der Waals surface area contributed by atoms with Crippen molar-refractivity contribution in [2.24, 2.45) is 5.73 Å². The molecule has 0 aliphatic carbocycles. The van der Waals surface area contributed by atoms with Crippen molar-refractivity contribution in [3.8, 4) is 11.8 Å². The van der Waals surface area contributed by atoms with E-state index in [-0.39, 0.29) is 39.2 Å². The second-order valence-corrected chi connectivity index (χ2v) is 7.55. The van der Waals surface area contributed by atoms with E-state index in [1.165, 1.54) is 12.1 Å². The number of allylic oxidation sites excluding steroid dienone is 1. The number of nitriles is 1. The second kappa shape index (κ2) is 8.59. The number of aryl methyl sites for hydroxylation is 2. The lowest BCUT2D eigenvalue weighted by Crippen LogP contribution is -2.33. The number of aromatic nitrogens is 1. The van der Waals surface area contributed by atoms with Gasteiger partial charge in [0.15, 0.2) is 0 Å². The van der Waals surface area contributed by atoms with Crippen LogP contribution in [0.2, 0.25) is 0 Å². The van der Waals surface area contributed by atoms with Crippen LogP contribution in [-0.2, 0) is 13.0 Å². The first-order valence-electron chi connectivity index (χ1n) is 10.0. The zero-order chi connectivity index (χ0) is 22.8. The zero-order valence-electron chi connectivity index (χ0n) is 17.4. The van der Waals surface area contributed by atoms with Crippen molar-refractivity contribution in [2.75, 3.05) is 5.23 Å². The lowest BCUT2D eigenvalue weighted by molar-refractivity contribution is 0.296. The Morgan fingerprint density at radius 1 is 1.22 bits per heavy atom. The van der Waals surface area contributed by atoms with Crippen molar-refractivity contribution in [1.29, 1.82) is 5.26 Å². The molecule has 1 atom stereocenters. The molecule has 0 unspecified atom stereocenters. The van der Waals surface area contributed by atoms with Crippen molar-refractivity contribution in [3.05, 3.63) is 110 Å². The summed E-state index contributed by atoms with van der Waals surface area (Å²) in [6.45, 7) is 2.26. The van der Waals surface area contributed by atoms with Gasteiger partial charge in [0, 0.05) is 18.3 Å². The Morgan fingerprint density at radius 2 is 1.97 bits per heavy atom. The number of fused-ring (bicyclic) bond motifs is 1. The van der Waals surface area contributed by atoms with Gasteiger partial charge in [0.1, 0.15) is 17.4 Å². The standard InChI is InChI=1S/C24H21N4O4/c1-15-12-20-22(24(29)27(15)11-10-16-6-3-2-4-7-16)21(19(14-25)23(26)32-20)17-8-5-9-18(13-17)28(30)31/h2-9,12-13,21,30H,10-11,26H2,1H3/q-1/t21-/m1/s1. The number of anilines is 1. The van der Waals surface area contributed by atoms with Crippen molar-refractivity contribution >= 4 is 5.69 Å². The van der Waals surface area contributed by atoms with Gasteiger partial charge in [-0.25, -0.2) is 0 Å². The predicted octanol–water partition coefficient (Wildman–Crippen LogP) is 3.31. The second-order valence-electron chi connectivity index (χ2n) is 7.55. The summed E-state index contributed by atoms with van der Waals surface area (Å²) in [5.74, 6) is -0.655. The number of nitrogens with two attached hydrogens (primary N) is 1. The van der Waals surface area contributed by atoms with E-state index in [1.807, 2.05) is 43.3 Å². The van der Waals surface area contributed by atoms with E-state index in [2.05, 4.69) is 0 Å². The molecule has 1 aliphatic heterocycles. The minimum atomic E-state index is -0.834. The number of hydrogen-bond donors (Lipinski definition) is 2. The van der Waals surface area contributed by atoms with Crippen LogP contribution in [-0.4, -0.2) is 9.77 Å². The van der Waals surface area contributed by atoms with Crippen LogP contribution in [0.1, 0.15) is 28.3 Å². The molecule has 8 nitrogen and oxygen atoms in total. The van der Waals surface area contributed by atoms with Crippen LogP contribution in [0.4, 0.5) is 5.69 Å². The summed E-state index contributed by atoms with van der Waals surface area (Å²) in [6.07, 6.45) is 0.653. The van der Waals surface area contributed by atoms with Gasteiger partial charge < -0.3 is 25.5 Å². The summed E-state index contributed by atoms with van der Waals surface area (Å²) in [6, 6.07) is 19.7. The molecule has 2 aromatic carbocycles. The summed E-state index contributed by atoms with van der Waals surface area (Å²) in [5, 5.41) is 30.2. The smallest absolute Gasteiger partial charge is 0.258 e. The topological polar surface area (TPSA) is 128 Å². The van der Waals surface area contributed by atoms with E-state index in [0.717, 1.165) is 5.56 Å². The average molecular weight is 429 g/mol. The lowest BCUT2D eigenvalue weighted by atomic mass is 9.84. The number of nitrogens with zero attached hydrogens (tertiary/aromatic N) is 3. The third kappa shape index (κ3) is 3.83. The normalized spacial score (nSPS) is 15.0. The van der Waals surface area contributed by atoms with Crippen LogP contribution >= 0.6 is 0 Å². The largest absolute Gasteiger partial charge is 0.733 e. The molecule has 0 saturated heterocycles. The van der Waals surface area contributed by atoms with Crippen LogP contribution in [0, 0.1) is 23.5 Å². The molecule has 0 fully saturated rings.